The highest BCUT2D eigenvalue weighted by molar-refractivity contribution is 7.99. The van der Waals surface area contributed by atoms with Crippen LogP contribution < -0.4 is 5.32 Å². The molecule has 0 saturated heterocycles. The van der Waals surface area contributed by atoms with Crippen molar-refractivity contribution < 1.29 is 0 Å². The van der Waals surface area contributed by atoms with Crippen molar-refractivity contribution in [3.05, 3.63) is 33.8 Å². The van der Waals surface area contributed by atoms with Gasteiger partial charge in [-0.05, 0) is 49.6 Å². The van der Waals surface area contributed by atoms with E-state index in [9.17, 15) is 0 Å². The molecule has 0 bridgehead atoms. The highest BCUT2D eigenvalue weighted by Crippen LogP contribution is 2.33. The summed E-state index contributed by atoms with van der Waals surface area (Å²) < 4.78 is 0. The van der Waals surface area contributed by atoms with Crippen LogP contribution in [0.3, 0.4) is 0 Å². The molecule has 4 heteroatoms. The van der Waals surface area contributed by atoms with Crippen molar-refractivity contribution in [3.63, 3.8) is 0 Å². The Kier molecular flexibility index (Phi) is 7.73. The molecule has 0 aliphatic heterocycles. The third kappa shape index (κ3) is 5.67. The van der Waals surface area contributed by atoms with Gasteiger partial charge in [0.25, 0.3) is 0 Å². The van der Waals surface area contributed by atoms with E-state index in [1.165, 1.54) is 32.1 Å². The second kappa shape index (κ2) is 9.29. The molecule has 1 unspecified atom stereocenters. The fourth-order valence-electron chi connectivity index (χ4n) is 2.82. The van der Waals surface area contributed by atoms with E-state index in [1.807, 2.05) is 18.2 Å². The standard InChI is InChI=1S/C17H25Cl2NS/c1-2-10-20-17(12-21-14-6-4-3-5-7-14)15-11-13(18)8-9-16(15)19/h8-9,11,14,17,20H,2-7,10,12H2,1H3. The minimum Gasteiger partial charge on any atom is -0.309 e. The minimum atomic E-state index is 0.295. The topological polar surface area (TPSA) is 12.0 Å². The zero-order valence-electron chi connectivity index (χ0n) is 12.7. The van der Waals surface area contributed by atoms with Crippen molar-refractivity contribution in [1.29, 1.82) is 0 Å². The Morgan fingerprint density at radius 1 is 1.24 bits per heavy atom. The van der Waals surface area contributed by atoms with Gasteiger partial charge in [-0.3, -0.25) is 0 Å². The molecule has 0 aromatic heterocycles. The van der Waals surface area contributed by atoms with Gasteiger partial charge in [-0.25, -0.2) is 0 Å². The summed E-state index contributed by atoms with van der Waals surface area (Å²) in [5, 5.41) is 6.03. The summed E-state index contributed by atoms with van der Waals surface area (Å²) in [6.45, 7) is 3.21. The molecule has 1 aromatic carbocycles. The number of thioether (sulfide) groups is 1. The smallest absolute Gasteiger partial charge is 0.0455 e. The summed E-state index contributed by atoms with van der Waals surface area (Å²) in [6.07, 6.45) is 8.06. The molecule has 1 N–H and O–H groups in total. The van der Waals surface area contributed by atoms with Crippen LogP contribution in [-0.4, -0.2) is 17.5 Å². The molecular weight excluding hydrogens is 321 g/mol. The average Bonchev–Trinajstić information content (AvgIpc) is 2.51. The molecule has 1 aliphatic rings. The van der Waals surface area contributed by atoms with Gasteiger partial charge in [-0.1, -0.05) is 49.4 Å². The monoisotopic (exact) mass is 345 g/mol. The zero-order chi connectivity index (χ0) is 15.1. The lowest BCUT2D eigenvalue weighted by Crippen LogP contribution is -2.25. The first kappa shape index (κ1) is 17.5. The molecule has 0 radical (unpaired) electrons. The molecule has 1 aromatic rings. The van der Waals surface area contributed by atoms with Crippen LogP contribution in [0.25, 0.3) is 0 Å². The second-order valence-electron chi connectivity index (χ2n) is 5.77. The Bertz CT molecular complexity index is 433. The molecule has 1 nitrogen and oxygen atoms in total. The van der Waals surface area contributed by atoms with E-state index in [0.717, 1.165) is 39.6 Å². The molecule has 1 atom stereocenters. The quantitative estimate of drug-likeness (QED) is 0.640. The van der Waals surface area contributed by atoms with Crippen LogP contribution in [0.2, 0.25) is 10.0 Å². The van der Waals surface area contributed by atoms with Crippen molar-refractivity contribution in [2.45, 2.75) is 56.7 Å². The molecule has 0 heterocycles. The Labute approximate surface area is 143 Å². The zero-order valence-corrected chi connectivity index (χ0v) is 15.0. The van der Waals surface area contributed by atoms with Crippen LogP contribution in [-0.2, 0) is 0 Å². The van der Waals surface area contributed by atoms with Gasteiger partial charge in [-0.2, -0.15) is 11.8 Å². The van der Waals surface area contributed by atoms with Crippen molar-refractivity contribution in [2.75, 3.05) is 12.3 Å². The lowest BCUT2D eigenvalue weighted by molar-refractivity contribution is 0.513. The van der Waals surface area contributed by atoms with Crippen molar-refractivity contribution in [2.24, 2.45) is 0 Å². The summed E-state index contributed by atoms with van der Waals surface area (Å²) >= 11 is 14.6. The summed E-state index contributed by atoms with van der Waals surface area (Å²) in [4.78, 5) is 0. The number of benzene rings is 1. The van der Waals surface area contributed by atoms with Gasteiger partial charge in [0, 0.05) is 27.1 Å². The molecule has 1 aliphatic carbocycles. The van der Waals surface area contributed by atoms with Gasteiger partial charge in [0.05, 0.1) is 0 Å². The third-order valence-electron chi connectivity index (χ3n) is 4.02. The molecular formula is C17H25Cl2NS. The van der Waals surface area contributed by atoms with E-state index in [-0.39, 0.29) is 0 Å². The van der Waals surface area contributed by atoms with E-state index in [4.69, 9.17) is 23.2 Å². The predicted octanol–water partition coefficient (Wildman–Crippen LogP) is 6.10. The largest absolute Gasteiger partial charge is 0.309 e. The van der Waals surface area contributed by atoms with E-state index in [1.54, 1.807) is 0 Å². The normalized spacial score (nSPS) is 17.9. The van der Waals surface area contributed by atoms with Crippen LogP contribution in [0, 0.1) is 0 Å². The second-order valence-corrected chi connectivity index (χ2v) is 7.94. The highest BCUT2D eigenvalue weighted by Gasteiger charge is 2.19. The highest BCUT2D eigenvalue weighted by atomic mass is 35.5. The summed E-state index contributed by atoms with van der Waals surface area (Å²) in [5.41, 5.74) is 1.14. The number of hydrogen-bond acceptors (Lipinski definition) is 2. The Balaban J connectivity index is 2.00. The van der Waals surface area contributed by atoms with Crippen molar-refractivity contribution in [3.8, 4) is 0 Å². The van der Waals surface area contributed by atoms with Crippen LogP contribution in [0.4, 0.5) is 0 Å². The molecule has 0 spiro atoms. The maximum Gasteiger partial charge on any atom is 0.0455 e. The van der Waals surface area contributed by atoms with Crippen LogP contribution in [0.15, 0.2) is 18.2 Å². The lowest BCUT2D eigenvalue weighted by Gasteiger charge is -2.25. The van der Waals surface area contributed by atoms with Gasteiger partial charge in [0.2, 0.25) is 0 Å². The minimum absolute atomic E-state index is 0.295. The predicted molar refractivity (Wildman–Crippen MR) is 96.8 cm³/mol. The van der Waals surface area contributed by atoms with Crippen LogP contribution >= 0.6 is 35.0 Å². The third-order valence-corrected chi connectivity index (χ3v) is 6.07. The molecule has 0 amide bonds. The number of hydrogen-bond donors (Lipinski definition) is 1. The van der Waals surface area contributed by atoms with E-state index < -0.39 is 0 Å². The van der Waals surface area contributed by atoms with Gasteiger partial charge < -0.3 is 5.32 Å². The van der Waals surface area contributed by atoms with E-state index in [0.29, 0.717) is 6.04 Å². The van der Waals surface area contributed by atoms with E-state index >= 15 is 0 Å². The summed E-state index contributed by atoms with van der Waals surface area (Å²) in [7, 11) is 0. The number of nitrogens with one attached hydrogen (secondary N) is 1. The van der Waals surface area contributed by atoms with Crippen molar-refractivity contribution in [1.82, 2.24) is 5.32 Å². The Morgan fingerprint density at radius 3 is 2.71 bits per heavy atom. The fourth-order valence-corrected chi connectivity index (χ4v) is 4.68. The molecule has 1 saturated carbocycles. The number of halogens is 2. The first-order valence-electron chi connectivity index (χ1n) is 8.00. The maximum atomic E-state index is 6.38. The maximum absolute atomic E-state index is 6.38. The lowest BCUT2D eigenvalue weighted by atomic mass is 10.0. The summed E-state index contributed by atoms with van der Waals surface area (Å²) in [5.74, 6) is 1.07. The van der Waals surface area contributed by atoms with E-state index in [2.05, 4.69) is 24.0 Å². The average molecular weight is 346 g/mol. The van der Waals surface area contributed by atoms with Crippen LogP contribution in [0.1, 0.15) is 57.1 Å². The van der Waals surface area contributed by atoms with Gasteiger partial charge >= 0.3 is 0 Å². The van der Waals surface area contributed by atoms with Crippen molar-refractivity contribution >= 4 is 35.0 Å². The van der Waals surface area contributed by atoms with Gasteiger partial charge in [0.1, 0.15) is 0 Å². The van der Waals surface area contributed by atoms with Gasteiger partial charge in [-0.15, -0.1) is 0 Å². The molecule has 2 rings (SSSR count). The molecule has 118 valence electrons. The van der Waals surface area contributed by atoms with Crippen LogP contribution in [0.5, 0.6) is 0 Å². The number of rotatable bonds is 7. The first-order chi connectivity index (χ1) is 10.2. The van der Waals surface area contributed by atoms with Gasteiger partial charge in [0.15, 0.2) is 0 Å². The molecule has 21 heavy (non-hydrogen) atoms. The fraction of sp³-hybridized carbons (Fsp3) is 0.647. The first-order valence-corrected chi connectivity index (χ1v) is 9.81. The Hall–Kier alpha value is 0.110. The SMILES string of the molecule is CCCNC(CSC1CCCCC1)c1cc(Cl)ccc1Cl. The molecule has 1 fully saturated rings. The summed E-state index contributed by atoms with van der Waals surface area (Å²) in [6, 6.07) is 6.07. The Morgan fingerprint density at radius 2 is 2.00 bits per heavy atom.